The SMILES string of the molecule is C=C1CC2CCC(C1)C2=C. The Morgan fingerprint density at radius 2 is 1.50 bits per heavy atom. The standard InChI is InChI=1S/C10H14/c1-7-5-9-3-4-10(6-7)8(9)2/h9-10H,1-6H2. The van der Waals surface area contributed by atoms with Gasteiger partial charge in [-0.2, -0.15) is 0 Å². The predicted octanol–water partition coefficient (Wildman–Crippen LogP) is 2.92. The quantitative estimate of drug-likeness (QED) is 0.447. The van der Waals surface area contributed by atoms with E-state index in [1.54, 1.807) is 0 Å². The molecule has 0 aromatic rings. The molecule has 2 saturated carbocycles. The molecule has 0 aromatic carbocycles. The molecule has 2 atom stereocenters. The van der Waals surface area contributed by atoms with Crippen LogP contribution in [0.15, 0.2) is 24.3 Å². The van der Waals surface area contributed by atoms with Crippen molar-refractivity contribution in [2.24, 2.45) is 11.8 Å². The highest BCUT2D eigenvalue weighted by molar-refractivity contribution is 5.22. The molecule has 0 radical (unpaired) electrons. The van der Waals surface area contributed by atoms with Crippen molar-refractivity contribution in [2.75, 3.05) is 0 Å². The first-order chi connectivity index (χ1) is 4.77. The molecule has 2 aliphatic rings. The zero-order chi connectivity index (χ0) is 7.14. The van der Waals surface area contributed by atoms with E-state index in [1.165, 1.54) is 36.8 Å². The second kappa shape index (κ2) is 1.98. The fourth-order valence-electron chi connectivity index (χ4n) is 2.35. The van der Waals surface area contributed by atoms with Gasteiger partial charge in [-0.15, -0.1) is 0 Å². The van der Waals surface area contributed by atoms with E-state index in [-0.39, 0.29) is 0 Å². The Labute approximate surface area is 62.6 Å². The maximum absolute atomic E-state index is 4.13. The van der Waals surface area contributed by atoms with Crippen molar-refractivity contribution in [3.63, 3.8) is 0 Å². The molecule has 0 heteroatoms. The van der Waals surface area contributed by atoms with Gasteiger partial charge in [0.25, 0.3) is 0 Å². The lowest BCUT2D eigenvalue weighted by atomic mass is 9.82. The van der Waals surface area contributed by atoms with E-state index in [2.05, 4.69) is 13.2 Å². The van der Waals surface area contributed by atoms with Crippen molar-refractivity contribution in [1.29, 1.82) is 0 Å². The Morgan fingerprint density at radius 3 is 2.00 bits per heavy atom. The number of fused-ring (bicyclic) bond motifs is 2. The van der Waals surface area contributed by atoms with Crippen LogP contribution >= 0.6 is 0 Å². The van der Waals surface area contributed by atoms with Crippen molar-refractivity contribution in [2.45, 2.75) is 25.7 Å². The molecule has 2 aliphatic carbocycles. The Bertz CT molecular complexity index is 170. The minimum Gasteiger partial charge on any atom is -0.0998 e. The lowest BCUT2D eigenvalue weighted by molar-refractivity contribution is 0.560. The summed E-state index contributed by atoms with van der Waals surface area (Å²) in [6.45, 7) is 8.18. The summed E-state index contributed by atoms with van der Waals surface area (Å²) in [6, 6.07) is 0. The molecule has 0 aliphatic heterocycles. The number of hydrogen-bond donors (Lipinski definition) is 0. The van der Waals surface area contributed by atoms with Crippen LogP contribution in [0.25, 0.3) is 0 Å². The molecule has 0 amide bonds. The van der Waals surface area contributed by atoms with Gasteiger partial charge in [-0.25, -0.2) is 0 Å². The van der Waals surface area contributed by atoms with Crippen molar-refractivity contribution in [3.05, 3.63) is 24.3 Å². The smallest absolute Gasteiger partial charge is 0.0166 e. The largest absolute Gasteiger partial charge is 0.0998 e. The van der Waals surface area contributed by atoms with Gasteiger partial charge in [-0.05, 0) is 37.5 Å². The predicted molar refractivity (Wildman–Crippen MR) is 43.7 cm³/mol. The minimum absolute atomic E-state index is 0.811. The molecule has 0 saturated heterocycles. The lowest BCUT2D eigenvalue weighted by Gasteiger charge is -2.23. The van der Waals surface area contributed by atoms with Gasteiger partial charge in [-0.3, -0.25) is 0 Å². The van der Waals surface area contributed by atoms with E-state index in [4.69, 9.17) is 0 Å². The summed E-state index contributed by atoms with van der Waals surface area (Å²) in [4.78, 5) is 0. The maximum atomic E-state index is 4.13. The molecule has 0 nitrogen and oxygen atoms in total. The summed E-state index contributed by atoms with van der Waals surface area (Å²) in [5.41, 5.74) is 2.98. The number of allylic oxidation sites excluding steroid dienone is 2. The van der Waals surface area contributed by atoms with E-state index in [0.717, 1.165) is 11.8 Å². The average Bonchev–Trinajstić information content (AvgIpc) is 2.20. The van der Waals surface area contributed by atoms with E-state index >= 15 is 0 Å². The molecule has 2 unspecified atom stereocenters. The second-order valence-electron chi connectivity index (χ2n) is 3.70. The first-order valence-electron chi connectivity index (χ1n) is 4.12. The second-order valence-corrected chi connectivity index (χ2v) is 3.70. The molecule has 0 aromatic heterocycles. The van der Waals surface area contributed by atoms with E-state index in [1.807, 2.05) is 0 Å². The van der Waals surface area contributed by atoms with Gasteiger partial charge in [0, 0.05) is 0 Å². The van der Waals surface area contributed by atoms with Crippen molar-refractivity contribution in [1.82, 2.24) is 0 Å². The number of rotatable bonds is 0. The van der Waals surface area contributed by atoms with Gasteiger partial charge in [0.05, 0.1) is 0 Å². The zero-order valence-corrected chi connectivity index (χ0v) is 6.40. The van der Waals surface area contributed by atoms with Crippen LogP contribution in [-0.2, 0) is 0 Å². The molecule has 10 heavy (non-hydrogen) atoms. The first kappa shape index (κ1) is 6.21. The number of hydrogen-bond acceptors (Lipinski definition) is 0. The molecular formula is C10H14. The van der Waals surface area contributed by atoms with E-state index < -0.39 is 0 Å². The van der Waals surface area contributed by atoms with Gasteiger partial charge < -0.3 is 0 Å². The Hall–Kier alpha value is -0.520. The third-order valence-electron chi connectivity index (χ3n) is 2.98. The average molecular weight is 134 g/mol. The van der Waals surface area contributed by atoms with Gasteiger partial charge in [-0.1, -0.05) is 24.3 Å². The summed E-state index contributed by atoms with van der Waals surface area (Å²) >= 11 is 0. The Morgan fingerprint density at radius 1 is 1.00 bits per heavy atom. The molecule has 0 N–H and O–H groups in total. The summed E-state index contributed by atoms with van der Waals surface area (Å²) in [5.74, 6) is 1.62. The minimum atomic E-state index is 0.811. The molecule has 2 bridgehead atoms. The van der Waals surface area contributed by atoms with Crippen LogP contribution in [0.3, 0.4) is 0 Å². The monoisotopic (exact) mass is 134 g/mol. The van der Waals surface area contributed by atoms with Crippen molar-refractivity contribution in [3.8, 4) is 0 Å². The summed E-state index contributed by atoms with van der Waals surface area (Å²) in [5, 5.41) is 0. The Kier molecular flexibility index (Phi) is 1.23. The highest BCUT2D eigenvalue weighted by Crippen LogP contribution is 2.46. The van der Waals surface area contributed by atoms with Crippen LogP contribution < -0.4 is 0 Å². The van der Waals surface area contributed by atoms with Crippen LogP contribution in [0.4, 0.5) is 0 Å². The summed E-state index contributed by atoms with van der Waals surface area (Å²) in [6.07, 6.45) is 5.22. The lowest BCUT2D eigenvalue weighted by Crippen LogP contribution is -2.09. The Balaban J connectivity index is 2.24. The van der Waals surface area contributed by atoms with E-state index in [0.29, 0.717) is 0 Å². The summed E-state index contributed by atoms with van der Waals surface area (Å²) < 4.78 is 0. The van der Waals surface area contributed by atoms with Gasteiger partial charge in [0.15, 0.2) is 0 Å². The highest BCUT2D eigenvalue weighted by atomic mass is 14.4. The van der Waals surface area contributed by atoms with Crippen LogP contribution in [0.1, 0.15) is 25.7 Å². The van der Waals surface area contributed by atoms with Crippen LogP contribution in [0.2, 0.25) is 0 Å². The normalized spacial score (nSPS) is 38.8. The van der Waals surface area contributed by atoms with Gasteiger partial charge in [0.1, 0.15) is 0 Å². The zero-order valence-electron chi connectivity index (χ0n) is 6.40. The third-order valence-corrected chi connectivity index (χ3v) is 2.98. The molecule has 0 spiro atoms. The maximum Gasteiger partial charge on any atom is -0.0166 e. The first-order valence-corrected chi connectivity index (χ1v) is 4.12. The third kappa shape index (κ3) is 0.749. The summed E-state index contributed by atoms with van der Waals surface area (Å²) in [7, 11) is 0. The van der Waals surface area contributed by atoms with Crippen LogP contribution in [-0.4, -0.2) is 0 Å². The van der Waals surface area contributed by atoms with Crippen molar-refractivity contribution >= 4 is 0 Å². The van der Waals surface area contributed by atoms with E-state index in [9.17, 15) is 0 Å². The van der Waals surface area contributed by atoms with Crippen LogP contribution in [0.5, 0.6) is 0 Å². The highest BCUT2D eigenvalue weighted by Gasteiger charge is 2.33. The van der Waals surface area contributed by atoms with Crippen molar-refractivity contribution < 1.29 is 0 Å². The topological polar surface area (TPSA) is 0 Å². The molecule has 54 valence electrons. The molecule has 2 rings (SSSR count). The van der Waals surface area contributed by atoms with Gasteiger partial charge in [0.2, 0.25) is 0 Å². The molecular weight excluding hydrogens is 120 g/mol. The fourth-order valence-corrected chi connectivity index (χ4v) is 2.35. The molecule has 0 heterocycles. The van der Waals surface area contributed by atoms with Gasteiger partial charge >= 0.3 is 0 Å². The fraction of sp³-hybridized carbons (Fsp3) is 0.600. The molecule has 2 fully saturated rings. The van der Waals surface area contributed by atoms with Crippen LogP contribution in [0, 0.1) is 11.8 Å².